The summed E-state index contributed by atoms with van der Waals surface area (Å²) in [6, 6.07) is 5.82. The third-order valence-corrected chi connectivity index (χ3v) is 3.68. The summed E-state index contributed by atoms with van der Waals surface area (Å²) in [4.78, 5) is 11.6. The van der Waals surface area contributed by atoms with E-state index in [-0.39, 0.29) is 17.9 Å². The third-order valence-electron chi connectivity index (χ3n) is 2.77. The number of carbonyl (C=O) groups is 1. The second kappa shape index (κ2) is 10.3. The lowest BCUT2D eigenvalue weighted by atomic mass is 9.99. The Hall–Kier alpha value is -0.590. The third kappa shape index (κ3) is 10.7. The standard InChI is InChI=1S/C17H25Br2NO3/c1-17(2,3)12-22-11-16(21)20-6-4-5-7-23-15-9-13(18)8-14(19)10-15/h8-10H,4-7,11-12H2,1-3H3,(H,20,21). The van der Waals surface area contributed by atoms with Crippen molar-refractivity contribution in [2.24, 2.45) is 5.41 Å². The Morgan fingerprint density at radius 3 is 2.39 bits per heavy atom. The van der Waals surface area contributed by atoms with E-state index in [4.69, 9.17) is 9.47 Å². The molecule has 0 aromatic heterocycles. The molecule has 1 aromatic rings. The van der Waals surface area contributed by atoms with Gasteiger partial charge in [0.25, 0.3) is 0 Å². The molecule has 0 aliphatic rings. The molecule has 0 fully saturated rings. The molecule has 0 atom stereocenters. The smallest absolute Gasteiger partial charge is 0.245 e. The quantitative estimate of drug-likeness (QED) is 0.561. The molecule has 0 unspecified atom stereocenters. The normalized spacial score (nSPS) is 11.3. The highest BCUT2D eigenvalue weighted by Crippen LogP contribution is 2.24. The molecule has 1 rings (SSSR count). The van der Waals surface area contributed by atoms with Gasteiger partial charge < -0.3 is 14.8 Å². The van der Waals surface area contributed by atoms with Crippen LogP contribution in [-0.4, -0.2) is 32.3 Å². The van der Waals surface area contributed by atoms with Gasteiger partial charge >= 0.3 is 0 Å². The van der Waals surface area contributed by atoms with E-state index in [9.17, 15) is 4.79 Å². The van der Waals surface area contributed by atoms with Crippen molar-refractivity contribution in [3.63, 3.8) is 0 Å². The SMILES string of the molecule is CC(C)(C)COCC(=O)NCCCCOc1cc(Br)cc(Br)c1. The van der Waals surface area contributed by atoms with Crippen LogP contribution in [0, 0.1) is 5.41 Å². The summed E-state index contributed by atoms with van der Waals surface area (Å²) in [5.74, 6) is 0.761. The Morgan fingerprint density at radius 2 is 1.78 bits per heavy atom. The molecule has 130 valence electrons. The fourth-order valence-corrected chi connectivity index (χ4v) is 3.01. The first-order valence-electron chi connectivity index (χ1n) is 7.69. The van der Waals surface area contributed by atoms with Gasteiger partial charge in [0.05, 0.1) is 13.2 Å². The van der Waals surface area contributed by atoms with Gasteiger partial charge in [-0.25, -0.2) is 0 Å². The van der Waals surface area contributed by atoms with Crippen molar-refractivity contribution < 1.29 is 14.3 Å². The Bertz CT molecular complexity index is 481. The van der Waals surface area contributed by atoms with Gasteiger partial charge in [-0.3, -0.25) is 4.79 Å². The summed E-state index contributed by atoms with van der Waals surface area (Å²) in [6.07, 6.45) is 1.76. The van der Waals surface area contributed by atoms with E-state index < -0.39 is 0 Å². The van der Waals surface area contributed by atoms with Crippen molar-refractivity contribution in [2.45, 2.75) is 33.6 Å². The fraction of sp³-hybridized carbons (Fsp3) is 0.588. The van der Waals surface area contributed by atoms with E-state index in [1.54, 1.807) is 0 Å². The summed E-state index contributed by atoms with van der Waals surface area (Å²) in [5.41, 5.74) is 0.0824. The Kier molecular flexibility index (Phi) is 9.17. The molecule has 0 aliphatic heterocycles. The molecule has 0 heterocycles. The van der Waals surface area contributed by atoms with E-state index in [2.05, 4.69) is 57.9 Å². The first kappa shape index (κ1) is 20.5. The summed E-state index contributed by atoms with van der Waals surface area (Å²) in [5, 5.41) is 2.85. The second-order valence-corrected chi connectivity index (χ2v) is 8.40. The minimum absolute atomic E-state index is 0.0638. The van der Waals surface area contributed by atoms with Crippen LogP contribution in [-0.2, 0) is 9.53 Å². The molecular formula is C17H25Br2NO3. The number of hydrogen-bond acceptors (Lipinski definition) is 3. The summed E-state index contributed by atoms with van der Waals surface area (Å²) < 4.78 is 13.0. The lowest BCUT2D eigenvalue weighted by Gasteiger charge is -2.17. The fourth-order valence-electron chi connectivity index (χ4n) is 1.76. The number of hydrogen-bond donors (Lipinski definition) is 1. The number of carbonyl (C=O) groups excluding carboxylic acids is 1. The van der Waals surface area contributed by atoms with Gasteiger partial charge in [-0.2, -0.15) is 0 Å². The molecule has 4 nitrogen and oxygen atoms in total. The largest absolute Gasteiger partial charge is 0.494 e. The van der Waals surface area contributed by atoms with Crippen molar-refractivity contribution in [1.82, 2.24) is 5.32 Å². The lowest BCUT2D eigenvalue weighted by molar-refractivity contribution is -0.126. The molecule has 0 saturated heterocycles. The zero-order valence-electron chi connectivity index (χ0n) is 14.0. The van der Waals surface area contributed by atoms with Crippen LogP contribution in [0.4, 0.5) is 0 Å². The number of unbranched alkanes of at least 4 members (excludes halogenated alkanes) is 1. The summed E-state index contributed by atoms with van der Waals surface area (Å²) in [7, 11) is 0. The Morgan fingerprint density at radius 1 is 1.13 bits per heavy atom. The van der Waals surface area contributed by atoms with Gasteiger partial charge in [-0.05, 0) is 36.5 Å². The number of rotatable bonds is 9. The molecule has 1 amide bonds. The zero-order valence-corrected chi connectivity index (χ0v) is 17.1. The molecular weight excluding hydrogens is 426 g/mol. The first-order chi connectivity index (χ1) is 10.8. The molecule has 1 N–H and O–H groups in total. The number of benzene rings is 1. The van der Waals surface area contributed by atoms with Crippen LogP contribution in [0.3, 0.4) is 0 Å². The van der Waals surface area contributed by atoms with Crippen LogP contribution in [0.15, 0.2) is 27.1 Å². The Balaban J connectivity index is 2.06. The van der Waals surface area contributed by atoms with E-state index in [0.29, 0.717) is 19.8 Å². The first-order valence-corrected chi connectivity index (χ1v) is 9.28. The highest BCUT2D eigenvalue weighted by Gasteiger charge is 2.11. The van der Waals surface area contributed by atoms with E-state index in [0.717, 1.165) is 27.5 Å². The summed E-state index contributed by atoms with van der Waals surface area (Å²) >= 11 is 6.85. The second-order valence-electron chi connectivity index (χ2n) is 6.56. The molecule has 0 bridgehead atoms. The minimum Gasteiger partial charge on any atom is -0.494 e. The predicted octanol–water partition coefficient (Wildman–Crippen LogP) is 4.55. The average molecular weight is 451 g/mol. The van der Waals surface area contributed by atoms with Gasteiger partial charge in [0.2, 0.25) is 5.91 Å². The Labute approximate surface area is 155 Å². The molecule has 0 saturated carbocycles. The zero-order chi connectivity index (χ0) is 17.3. The molecule has 0 radical (unpaired) electrons. The van der Waals surface area contributed by atoms with E-state index >= 15 is 0 Å². The highest BCUT2D eigenvalue weighted by atomic mass is 79.9. The maximum absolute atomic E-state index is 11.6. The van der Waals surface area contributed by atoms with Gasteiger partial charge in [-0.1, -0.05) is 52.6 Å². The maximum atomic E-state index is 11.6. The van der Waals surface area contributed by atoms with Gasteiger partial charge in [0.15, 0.2) is 0 Å². The van der Waals surface area contributed by atoms with Crippen LogP contribution >= 0.6 is 31.9 Å². The molecule has 0 spiro atoms. The van der Waals surface area contributed by atoms with Crippen molar-refractivity contribution >= 4 is 37.8 Å². The van der Waals surface area contributed by atoms with Gasteiger partial charge in [-0.15, -0.1) is 0 Å². The van der Waals surface area contributed by atoms with Crippen LogP contribution in [0.5, 0.6) is 5.75 Å². The molecule has 6 heteroatoms. The topological polar surface area (TPSA) is 47.6 Å². The maximum Gasteiger partial charge on any atom is 0.245 e. The van der Waals surface area contributed by atoms with E-state index in [1.807, 2.05) is 18.2 Å². The lowest BCUT2D eigenvalue weighted by Crippen LogP contribution is -2.30. The van der Waals surface area contributed by atoms with E-state index in [1.165, 1.54) is 0 Å². The molecule has 0 aliphatic carbocycles. The molecule has 1 aromatic carbocycles. The predicted molar refractivity (Wildman–Crippen MR) is 99.9 cm³/mol. The highest BCUT2D eigenvalue weighted by molar-refractivity contribution is 9.11. The van der Waals surface area contributed by atoms with Crippen LogP contribution in [0.1, 0.15) is 33.6 Å². The van der Waals surface area contributed by atoms with Gasteiger partial charge in [0.1, 0.15) is 12.4 Å². The number of ether oxygens (including phenoxy) is 2. The van der Waals surface area contributed by atoms with Crippen molar-refractivity contribution in [1.29, 1.82) is 0 Å². The van der Waals surface area contributed by atoms with Crippen molar-refractivity contribution in [3.05, 3.63) is 27.1 Å². The summed E-state index contributed by atoms with van der Waals surface area (Å²) in [6.45, 7) is 8.21. The number of halogens is 2. The average Bonchev–Trinajstić information content (AvgIpc) is 2.40. The van der Waals surface area contributed by atoms with Crippen LogP contribution in [0.2, 0.25) is 0 Å². The number of nitrogens with one attached hydrogen (secondary N) is 1. The number of amides is 1. The van der Waals surface area contributed by atoms with Crippen molar-refractivity contribution in [2.75, 3.05) is 26.4 Å². The molecule has 23 heavy (non-hydrogen) atoms. The van der Waals surface area contributed by atoms with Crippen LogP contribution < -0.4 is 10.1 Å². The van der Waals surface area contributed by atoms with Crippen LogP contribution in [0.25, 0.3) is 0 Å². The van der Waals surface area contributed by atoms with Crippen molar-refractivity contribution in [3.8, 4) is 5.75 Å². The minimum atomic E-state index is -0.0638. The van der Waals surface area contributed by atoms with Gasteiger partial charge in [0, 0.05) is 15.5 Å². The monoisotopic (exact) mass is 449 g/mol.